The van der Waals surface area contributed by atoms with Crippen LogP contribution in [-0.2, 0) is 18.5 Å². The van der Waals surface area contributed by atoms with Crippen molar-refractivity contribution in [3.8, 4) is 17.1 Å². The van der Waals surface area contributed by atoms with Crippen molar-refractivity contribution in [3.63, 3.8) is 0 Å². The SMILES string of the molecule is Cc1ccc(-n2c(SCc3ccc(C(=O)NCc4cccc(C(F)(F)F)c4)cc3)nnc2-c2cccnc2)cc1. The second-order valence-electron chi connectivity index (χ2n) is 9.09. The van der Waals surface area contributed by atoms with Crippen LogP contribution in [0.2, 0.25) is 0 Å². The minimum absolute atomic E-state index is 0.00566. The van der Waals surface area contributed by atoms with Crippen LogP contribution in [0.15, 0.2) is 102 Å². The molecule has 0 radical (unpaired) electrons. The van der Waals surface area contributed by atoms with Gasteiger partial charge in [-0.3, -0.25) is 14.3 Å². The number of carbonyl (C=O) groups excluding carboxylic acids is 1. The summed E-state index contributed by atoms with van der Waals surface area (Å²) in [6.45, 7) is 2.02. The Bertz CT molecular complexity index is 1600. The third-order valence-electron chi connectivity index (χ3n) is 6.14. The Balaban J connectivity index is 1.26. The van der Waals surface area contributed by atoms with E-state index in [0.717, 1.165) is 34.5 Å². The lowest BCUT2D eigenvalue weighted by molar-refractivity contribution is -0.137. The van der Waals surface area contributed by atoms with Gasteiger partial charge in [-0.1, -0.05) is 53.7 Å². The van der Waals surface area contributed by atoms with Crippen molar-refractivity contribution in [1.82, 2.24) is 25.1 Å². The number of nitrogens with zero attached hydrogens (tertiary/aromatic N) is 4. The van der Waals surface area contributed by atoms with E-state index >= 15 is 0 Å². The Morgan fingerprint density at radius 2 is 1.70 bits per heavy atom. The quantitative estimate of drug-likeness (QED) is 0.210. The minimum Gasteiger partial charge on any atom is -0.348 e. The van der Waals surface area contributed by atoms with Gasteiger partial charge in [0.2, 0.25) is 0 Å². The molecule has 0 spiro atoms. The van der Waals surface area contributed by atoms with E-state index in [1.165, 1.54) is 17.8 Å². The first-order chi connectivity index (χ1) is 19.3. The van der Waals surface area contributed by atoms with Crippen molar-refractivity contribution in [2.24, 2.45) is 0 Å². The van der Waals surface area contributed by atoms with Crippen LogP contribution in [0.1, 0.15) is 32.6 Å². The molecule has 0 bridgehead atoms. The van der Waals surface area contributed by atoms with E-state index in [9.17, 15) is 18.0 Å². The van der Waals surface area contributed by atoms with Gasteiger partial charge in [0.1, 0.15) is 0 Å². The van der Waals surface area contributed by atoms with Gasteiger partial charge in [-0.2, -0.15) is 13.2 Å². The fourth-order valence-corrected chi connectivity index (χ4v) is 4.92. The molecular weight excluding hydrogens is 535 g/mol. The number of aryl methyl sites for hydroxylation is 1. The normalized spacial score (nSPS) is 11.4. The number of hydrogen-bond acceptors (Lipinski definition) is 5. The van der Waals surface area contributed by atoms with Gasteiger partial charge >= 0.3 is 6.18 Å². The topological polar surface area (TPSA) is 72.7 Å². The van der Waals surface area contributed by atoms with Crippen LogP contribution in [-0.4, -0.2) is 25.7 Å². The van der Waals surface area contributed by atoms with Crippen LogP contribution in [0.25, 0.3) is 17.1 Å². The monoisotopic (exact) mass is 559 g/mol. The molecule has 6 nitrogen and oxygen atoms in total. The maximum Gasteiger partial charge on any atom is 0.416 e. The summed E-state index contributed by atoms with van der Waals surface area (Å²) in [7, 11) is 0. The molecule has 40 heavy (non-hydrogen) atoms. The molecule has 3 aromatic carbocycles. The van der Waals surface area contributed by atoms with Gasteiger partial charge in [-0.25, -0.2) is 0 Å². The molecule has 0 atom stereocenters. The zero-order valence-electron chi connectivity index (χ0n) is 21.4. The number of alkyl halides is 3. The molecular formula is C30H24F3N5OS. The van der Waals surface area contributed by atoms with Crippen molar-refractivity contribution < 1.29 is 18.0 Å². The van der Waals surface area contributed by atoms with Crippen LogP contribution in [0.4, 0.5) is 13.2 Å². The lowest BCUT2D eigenvalue weighted by atomic mass is 10.1. The maximum absolute atomic E-state index is 12.9. The molecule has 0 saturated heterocycles. The number of rotatable bonds is 8. The highest BCUT2D eigenvalue weighted by atomic mass is 32.2. The first-order valence-electron chi connectivity index (χ1n) is 12.4. The number of amides is 1. The first-order valence-corrected chi connectivity index (χ1v) is 13.4. The van der Waals surface area contributed by atoms with Crippen molar-refractivity contribution in [1.29, 1.82) is 0 Å². The zero-order valence-corrected chi connectivity index (χ0v) is 22.2. The van der Waals surface area contributed by atoms with Crippen molar-refractivity contribution in [2.45, 2.75) is 30.6 Å². The van der Waals surface area contributed by atoms with Crippen LogP contribution >= 0.6 is 11.8 Å². The van der Waals surface area contributed by atoms with Crippen molar-refractivity contribution in [3.05, 3.63) is 125 Å². The van der Waals surface area contributed by atoms with E-state index in [2.05, 4.69) is 20.5 Å². The number of aromatic nitrogens is 4. The van der Waals surface area contributed by atoms with Gasteiger partial charge in [0.05, 0.1) is 5.56 Å². The summed E-state index contributed by atoms with van der Waals surface area (Å²) < 4.78 is 40.8. The molecule has 10 heteroatoms. The molecule has 0 saturated carbocycles. The predicted octanol–water partition coefficient (Wildman–Crippen LogP) is 6.88. The molecule has 202 valence electrons. The lowest BCUT2D eigenvalue weighted by Gasteiger charge is -2.11. The average Bonchev–Trinajstić information content (AvgIpc) is 3.39. The summed E-state index contributed by atoms with van der Waals surface area (Å²) in [5.74, 6) is 0.910. The fraction of sp³-hybridized carbons (Fsp3) is 0.133. The van der Waals surface area contributed by atoms with Crippen LogP contribution < -0.4 is 5.32 Å². The third kappa shape index (κ3) is 6.40. The Kier molecular flexibility index (Phi) is 7.97. The number of thioether (sulfide) groups is 1. The average molecular weight is 560 g/mol. The van der Waals surface area contributed by atoms with E-state index in [1.54, 1.807) is 30.6 Å². The van der Waals surface area contributed by atoms with E-state index in [4.69, 9.17) is 0 Å². The summed E-state index contributed by atoms with van der Waals surface area (Å²) in [5.41, 5.74) is 3.95. The molecule has 0 unspecified atom stereocenters. The highest BCUT2D eigenvalue weighted by Gasteiger charge is 2.30. The summed E-state index contributed by atoms with van der Waals surface area (Å²) in [5, 5.41) is 12.3. The molecule has 1 amide bonds. The van der Waals surface area contributed by atoms with Gasteiger partial charge in [0, 0.05) is 41.5 Å². The summed E-state index contributed by atoms with van der Waals surface area (Å²) in [4.78, 5) is 16.8. The highest BCUT2D eigenvalue weighted by Crippen LogP contribution is 2.31. The van der Waals surface area contributed by atoms with Crippen molar-refractivity contribution in [2.75, 3.05) is 0 Å². The molecule has 0 fully saturated rings. The first kappa shape index (κ1) is 27.1. The second kappa shape index (κ2) is 11.7. The molecule has 5 rings (SSSR count). The Hall–Kier alpha value is -4.44. The Morgan fingerprint density at radius 3 is 2.40 bits per heavy atom. The maximum atomic E-state index is 12.9. The van der Waals surface area contributed by atoms with Gasteiger partial charge in [0.15, 0.2) is 11.0 Å². The third-order valence-corrected chi connectivity index (χ3v) is 7.14. The number of benzene rings is 3. The van der Waals surface area contributed by atoms with E-state index in [1.807, 2.05) is 60.0 Å². The molecule has 0 aliphatic heterocycles. The summed E-state index contributed by atoms with van der Waals surface area (Å²) >= 11 is 1.52. The van der Waals surface area contributed by atoms with Gasteiger partial charge < -0.3 is 5.32 Å². The number of carbonyl (C=O) groups is 1. The number of pyridine rings is 1. The zero-order chi connectivity index (χ0) is 28.1. The molecule has 2 heterocycles. The van der Waals surface area contributed by atoms with E-state index in [0.29, 0.717) is 27.9 Å². The fourth-order valence-electron chi connectivity index (χ4n) is 4.01. The van der Waals surface area contributed by atoms with E-state index < -0.39 is 11.7 Å². The highest BCUT2D eigenvalue weighted by molar-refractivity contribution is 7.98. The van der Waals surface area contributed by atoms with Crippen LogP contribution in [0.5, 0.6) is 0 Å². The number of hydrogen-bond donors (Lipinski definition) is 1. The molecule has 5 aromatic rings. The van der Waals surface area contributed by atoms with Gasteiger partial charge in [-0.15, -0.1) is 10.2 Å². The Labute approximate surface area is 233 Å². The molecule has 2 aromatic heterocycles. The van der Waals surface area contributed by atoms with Crippen LogP contribution in [0.3, 0.4) is 0 Å². The smallest absolute Gasteiger partial charge is 0.348 e. The van der Waals surface area contributed by atoms with Gasteiger partial charge in [-0.05, 0) is 66.6 Å². The predicted molar refractivity (Wildman–Crippen MR) is 148 cm³/mol. The molecule has 0 aliphatic rings. The number of nitrogens with one attached hydrogen (secondary N) is 1. The molecule has 1 N–H and O–H groups in total. The summed E-state index contributed by atoms with van der Waals surface area (Å²) in [6.07, 6.45) is -0.970. The lowest BCUT2D eigenvalue weighted by Crippen LogP contribution is -2.23. The van der Waals surface area contributed by atoms with Gasteiger partial charge in [0.25, 0.3) is 5.91 Å². The standard InChI is InChI=1S/C30H24F3N5OS/c1-20-7-13-26(14-8-20)38-27(24-5-3-15-34-18-24)36-37-29(38)40-19-21-9-11-23(12-10-21)28(39)35-17-22-4-2-6-25(16-22)30(31,32)33/h2-16,18H,17,19H2,1H3,(H,35,39). The minimum atomic E-state index is -4.43. The largest absolute Gasteiger partial charge is 0.416 e. The summed E-state index contributed by atoms with van der Waals surface area (Å²) in [6, 6.07) is 23.9. The Morgan fingerprint density at radius 1 is 0.925 bits per heavy atom. The van der Waals surface area contributed by atoms with Crippen LogP contribution in [0, 0.1) is 6.92 Å². The van der Waals surface area contributed by atoms with Crippen molar-refractivity contribution >= 4 is 17.7 Å². The molecule has 0 aliphatic carbocycles. The number of halogens is 3. The van der Waals surface area contributed by atoms with E-state index in [-0.39, 0.29) is 12.5 Å². The second-order valence-corrected chi connectivity index (χ2v) is 10.0.